The van der Waals surface area contributed by atoms with Crippen molar-refractivity contribution in [3.8, 4) is 11.4 Å². The Labute approximate surface area is 176 Å². The fraction of sp³-hybridized carbons (Fsp3) is 0.286. The van der Waals surface area contributed by atoms with Crippen molar-refractivity contribution in [2.24, 2.45) is 7.05 Å². The third-order valence-electron chi connectivity index (χ3n) is 4.91. The average molecular weight is 429 g/mol. The van der Waals surface area contributed by atoms with Crippen LogP contribution in [0.1, 0.15) is 18.1 Å². The van der Waals surface area contributed by atoms with Crippen molar-refractivity contribution in [1.82, 2.24) is 19.7 Å². The highest BCUT2D eigenvalue weighted by molar-refractivity contribution is 5.60. The van der Waals surface area contributed by atoms with E-state index in [1.807, 2.05) is 0 Å². The fourth-order valence-corrected chi connectivity index (χ4v) is 3.44. The first kappa shape index (κ1) is 20.7. The third-order valence-corrected chi connectivity index (χ3v) is 4.91. The Hall–Kier alpha value is -3.53. The minimum absolute atomic E-state index is 0.0300. The Kier molecular flexibility index (Phi) is 5.32. The lowest BCUT2D eigenvalue weighted by atomic mass is 10.0. The molecule has 0 fully saturated rings. The first-order valence-electron chi connectivity index (χ1n) is 9.69. The number of anilines is 2. The molecular weight excluding hydrogens is 408 g/mol. The molecule has 0 spiro atoms. The van der Waals surface area contributed by atoms with E-state index in [0.717, 1.165) is 0 Å². The van der Waals surface area contributed by atoms with Crippen LogP contribution in [-0.4, -0.2) is 27.0 Å². The van der Waals surface area contributed by atoms with Gasteiger partial charge in [-0.3, -0.25) is 9.59 Å². The molecule has 0 atom stereocenters. The highest BCUT2D eigenvalue weighted by Crippen LogP contribution is 2.24. The van der Waals surface area contributed by atoms with Crippen LogP contribution in [0.5, 0.6) is 5.75 Å². The van der Waals surface area contributed by atoms with E-state index in [4.69, 9.17) is 0 Å². The van der Waals surface area contributed by atoms with Gasteiger partial charge < -0.3 is 19.9 Å². The molecule has 3 aromatic rings. The Morgan fingerprint density at radius 1 is 1.13 bits per heavy atom. The lowest BCUT2D eigenvalue weighted by molar-refractivity contribution is -0.158. The second kappa shape index (κ2) is 7.95. The van der Waals surface area contributed by atoms with E-state index in [1.54, 1.807) is 25.4 Å². The van der Waals surface area contributed by atoms with Gasteiger partial charge >= 0.3 is 6.11 Å². The van der Waals surface area contributed by atoms with Crippen LogP contribution in [0.4, 0.5) is 20.3 Å². The van der Waals surface area contributed by atoms with Crippen molar-refractivity contribution in [2.75, 3.05) is 11.9 Å². The Morgan fingerprint density at radius 2 is 1.87 bits per heavy atom. The molecule has 0 bridgehead atoms. The molecule has 2 aromatic heterocycles. The zero-order valence-corrected chi connectivity index (χ0v) is 17.0. The number of ether oxygens (including phenoxy) is 1. The molecule has 2 N–H and O–H groups in total. The highest BCUT2D eigenvalue weighted by atomic mass is 19.3. The average Bonchev–Trinajstić information content (AvgIpc) is 2.73. The summed E-state index contributed by atoms with van der Waals surface area (Å²) in [7, 11) is 1.64. The number of alkyl halides is 2. The molecule has 1 aliphatic heterocycles. The highest BCUT2D eigenvalue weighted by Gasteiger charge is 2.24. The van der Waals surface area contributed by atoms with E-state index in [2.05, 4.69) is 20.5 Å². The summed E-state index contributed by atoms with van der Waals surface area (Å²) in [6.45, 7) is 1.72. The van der Waals surface area contributed by atoms with Crippen molar-refractivity contribution >= 4 is 11.5 Å². The lowest BCUT2D eigenvalue weighted by Gasteiger charge is -2.21. The molecule has 8 nitrogen and oxygen atoms in total. The number of hydrogen-bond acceptors (Lipinski definition) is 6. The minimum Gasteiger partial charge on any atom is -0.433 e. The molecule has 0 radical (unpaired) electrons. The summed E-state index contributed by atoms with van der Waals surface area (Å²) in [5.41, 5.74) is 1.47. The minimum atomic E-state index is -3.31. The number of halogens is 2. The number of rotatable bonds is 5. The number of nitrogens with one attached hydrogen (secondary N) is 2. The second-order valence-electron chi connectivity index (χ2n) is 7.32. The van der Waals surface area contributed by atoms with Crippen LogP contribution < -0.4 is 26.5 Å². The van der Waals surface area contributed by atoms with Crippen LogP contribution >= 0.6 is 0 Å². The van der Waals surface area contributed by atoms with Gasteiger partial charge in [0.15, 0.2) is 5.82 Å². The van der Waals surface area contributed by atoms with E-state index < -0.39 is 6.11 Å². The molecule has 0 saturated carbocycles. The van der Waals surface area contributed by atoms with Gasteiger partial charge in [-0.1, -0.05) is 0 Å². The largest absolute Gasteiger partial charge is 0.433 e. The number of aromatic nitrogens is 3. The number of aryl methyl sites for hydroxylation is 1. The predicted octanol–water partition coefficient (Wildman–Crippen LogP) is 2.31. The standard InChI is InChI=1S/C21H21F2N5O3/c1-21(22,23)31-14-7-5-13(6-8-14)28-19(29)15-9-10-24-12-16(15)18(26-28)25-17-4-3-11-27(2)20(17)30/h3-8,11,24H,9-10,12H2,1-2H3,(H,25,26). The van der Waals surface area contributed by atoms with Gasteiger partial charge in [0.2, 0.25) is 0 Å². The maximum absolute atomic E-state index is 13.1. The summed E-state index contributed by atoms with van der Waals surface area (Å²) < 4.78 is 33.3. The maximum Gasteiger partial charge on any atom is 0.394 e. The maximum atomic E-state index is 13.1. The van der Waals surface area contributed by atoms with Crippen molar-refractivity contribution in [2.45, 2.75) is 26.0 Å². The first-order chi connectivity index (χ1) is 14.7. The lowest BCUT2D eigenvalue weighted by Crippen LogP contribution is -2.35. The molecular formula is C21H21F2N5O3. The summed E-state index contributed by atoms with van der Waals surface area (Å²) >= 11 is 0. The monoisotopic (exact) mass is 429 g/mol. The van der Waals surface area contributed by atoms with Gasteiger partial charge in [0.05, 0.1) is 5.69 Å². The van der Waals surface area contributed by atoms with Crippen LogP contribution in [-0.2, 0) is 20.0 Å². The summed E-state index contributed by atoms with van der Waals surface area (Å²) in [5, 5.41) is 10.7. The van der Waals surface area contributed by atoms with E-state index in [-0.39, 0.29) is 16.9 Å². The Morgan fingerprint density at radius 3 is 2.58 bits per heavy atom. The quantitative estimate of drug-likeness (QED) is 0.647. The van der Waals surface area contributed by atoms with Gasteiger partial charge in [-0.15, -0.1) is 5.10 Å². The molecule has 10 heteroatoms. The summed E-state index contributed by atoms with van der Waals surface area (Å²) in [4.78, 5) is 25.5. The smallest absolute Gasteiger partial charge is 0.394 e. The zero-order chi connectivity index (χ0) is 22.2. The third kappa shape index (κ3) is 4.33. The van der Waals surface area contributed by atoms with Crippen LogP contribution in [0, 0.1) is 0 Å². The van der Waals surface area contributed by atoms with E-state index >= 15 is 0 Å². The van der Waals surface area contributed by atoms with E-state index in [9.17, 15) is 18.4 Å². The van der Waals surface area contributed by atoms with Crippen LogP contribution in [0.25, 0.3) is 5.69 Å². The van der Waals surface area contributed by atoms with Crippen molar-refractivity contribution in [1.29, 1.82) is 0 Å². The molecule has 0 unspecified atom stereocenters. The molecule has 0 aliphatic carbocycles. The summed E-state index contributed by atoms with van der Waals surface area (Å²) in [5.74, 6) is 0.350. The van der Waals surface area contributed by atoms with Gasteiger partial charge in [-0.2, -0.15) is 13.5 Å². The number of fused-ring (bicyclic) bond motifs is 1. The molecule has 3 heterocycles. The molecule has 0 saturated heterocycles. The number of hydrogen-bond donors (Lipinski definition) is 2. The van der Waals surface area contributed by atoms with Gasteiger partial charge in [-0.25, -0.2) is 0 Å². The Bertz CT molecular complexity index is 1230. The van der Waals surface area contributed by atoms with E-state index in [0.29, 0.717) is 54.8 Å². The van der Waals surface area contributed by atoms with Crippen molar-refractivity contribution in [3.63, 3.8) is 0 Å². The molecule has 1 aliphatic rings. The topological polar surface area (TPSA) is 90.2 Å². The molecule has 162 valence electrons. The summed E-state index contributed by atoms with van der Waals surface area (Å²) in [6.07, 6.45) is -1.17. The number of benzene rings is 1. The number of nitrogens with zero attached hydrogens (tertiary/aromatic N) is 3. The van der Waals surface area contributed by atoms with Crippen LogP contribution in [0.3, 0.4) is 0 Å². The Balaban J connectivity index is 1.79. The zero-order valence-electron chi connectivity index (χ0n) is 17.0. The van der Waals surface area contributed by atoms with Crippen molar-refractivity contribution in [3.05, 3.63) is 74.4 Å². The summed E-state index contributed by atoms with van der Waals surface area (Å²) in [6, 6.07) is 9.03. The van der Waals surface area contributed by atoms with E-state index in [1.165, 1.54) is 33.5 Å². The molecule has 31 heavy (non-hydrogen) atoms. The predicted molar refractivity (Wildman–Crippen MR) is 111 cm³/mol. The van der Waals surface area contributed by atoms with Crippen molar-refractivity contribution < 1.29 is 13.5 Å². The normalized spacial score (nSPS) is 13.5. The second-order valence-corrected chi connectivity index (χ2v) is 7.32. The SMILES string of the molecule is Cn1cccc(Nc2nn(-c3ccc(OC(C)(F)F)cc3)c(=O)c3c2CNCC3)c1=O. The van der Waals surface area contributed by atoms with Gasteiger partial charge in [0.1, 0.15) is 11.4 Å². The van der Waals surface area contributed by atoms with Gasteiger partial charge in [0.25, 0.3) is 11.1 Å². The molecule has 4 rings (SSSR count). The van der Waals surface area contributed by atoms with Crippen LogP contribution in [0.15, 0.2) is 52.2 Å². The number of pyridine rings is 1. The first-order valence-corrected chi connectivity index (χ1v) is 9.69. The van der Waals surface area contributed by atoms with Gasteiger partial charge in [-0.05, 0) is 49.4 Å². The fourth-order valence-electron chi connectivity index (χ4n) is 3.44. The molecule has 1 aromatic carbocycles. The molecule has 0 amide bonds. The van der Waals surface area contributed by atoms with Gasteiger partial charge in [0, 0.05) is 37.8 Å². The van der Waals surface area contributed by atoms with Crippen LogP contribution in [0.2, 0.25) is 0 Å².